The van der Waals surface area contributed by atoms with Crippen LogP contribution in [0.4, 0.5) is 0 Å². The van der Waals surface area contributed by atoms with E-state index in [9.17, 15) is 0 Å². The Morgan fingerprint density at radius 1 is 1.23 bits per heavy atom. The summed E-state index contributed by atoms with van der Waals surface area (Å²) < 4.78 is 0. The maximum Gasteiger partial charge on any atom is 0.00918 e. The molecule has 2 atom stereocenters. The van der Waals surface area contributed by atoms with E-state index >= 15 is 0 Å². The van der Waals surface area contributed by atoms with E-state index in [0.29, 0.717) is 0 Å². The molecule has 0 N–H and O–H groups in total. The van der Waals surface area contributed by atoms with E-state index in [-0.39, 0.29) is 0 Å². The van der Waals surface area contributed by atoms with Crippen molar-refractivity contribution < 1.29 is 0 Å². The second-order valence-corrected chi connectivity index (χ2v) is 5.28. The van der Waals surface area contributed by atoms with Crippen LogP contribution < -0.4 is 0 Å². The maximum absolute atomic E-state index is 2.41. The monoisotopic (exact) mass is 183 g/mol. The summed E-state index contributed by atoms with van der Waals surface area (Å²) in [5.41, 5.74) is 0. The second-order valence-electron chi connectivity index (χ2n) is 5.28. The summed E-state index contributed by atoms with van der Waals surface area (Å²) in [4.78, 5) is 2.41. The van der Waals surface area contributed by atoms with E-state index in [4.69, 9.17) is 0 Å². The molecule has 0 unspecified atom stereocenters. The summed E-state index contributed by atoms with van der Waals surface area (Å²) in [6, 6.07) is 0.859. The standard InChI is InChI=1S/C12H25N/c1-10(2)8-11-6-5-7-12(9-11)13(3)4/h10-12H,5-9H2,1-4H3/t11-,12+/m1/s1. The molecule has 0 aromatic heterocycles. The fourth-order valence-corrected chi connectivity index (χ4v) is 2.61. The molecule has 0 spiro atoms. The van der Waals surface area contributed by atoms with Crippen LogP contribution in [0.3, 0.4) is 0 Å². The van der Waals surface area contributed by atoms with E-state index in [1.807, 2.05) is 0 Å². The molecule has 0 heterocycles. The molecule has 1 aliphatic rings. The summed E-state index contributed by atoms with van der Waals surface area (Å²) in [6.45, 7) is 4.69. The van der Waals surface area contributed by atoms with Gasteiger partial charge in [-0.25, -0.2) is 0 Å². The van der Waals surface area contributed by atoms with Crippen molar-refractivity contribution in [2.75, 3.05) is 14.1 Å². The van der Waals surface area contributed by atoms with Crippen LogP contribution >= 0.6 is 0 Å². The molecule has 0 aromatic rings. The van der Waals surface area contributed by atoms with Crippen LogP contribution in [0.5, 0.6) is 0 Å². The number of rotatable bonds is 3. The molecule has 1 rings (SSSR count). The molecule has 0 amide bonds. The Morgan fingerprint density at radius 3 is 2.46 bits per heavy atom. The Labute approximate surface area is 83.5 Å². The van der Waals surface area contributed by atoms with Gasteiger partial charge < -0.3 is 4.90 Å². The Morgan fingerprint density at radius 2 is 1.92 bits per heavy atom. The predicted molar refractivity (Wildman–Crippen MR) is 58.9 cm³/mol. The van der Waals surface area contributed by atoms with Gasteiger partial charge in [-0.05, 0) is 45.2 Å². The molecule has 1 saturated carbocycles. The first-order valence-corrected chi connectivity index (χ1v) is 5.76. The minimum Gasteiger partial charge on any atom is -0.306 e. The van der Waals surface area contributed by atoms with Gasteiger partial charge in [0.15, 0.2) is 0 Å². The zero-order valence-electron chi connectivity index (χ0n) is 9.71. The summed E-state index contributed by atoms with van der Waals surface area (Å²) in [5.74, 6) is 1.88. The lowest BCUT2D eigenvalue weighted by atomic mass is 9.81. The maximum atomic E-state index is 2.41. The molecule has 0 aromatic carbocycles. The SMILES string of the molecule is CC(C)C[C@H]1CCC[C@H](N(C)C)C1. The Hall–Kier alpha value is -0.0400. The van der Waals surface area contributed by atoms with Crippen molar-refractivity contribution >= 4 is 0 Å². The Balaban J connectivity index is 2.33. The lowest BCUT2D eigenvalue weighted by Gasteiger charge is -2.34. The van der Waals surface area contributed by atoms with Gasteiger partial charge in [0.1, 0.15) is 0 Å². The van der Waals surface area contributed by atoms with Crippen LogP contribution in [0.15, 0.2) is 0 Å². The van der Waals surface area contributed by atoms with Gasteiger partial charge in [0, 0.05) is 6.04 Å². The van der Waals surface area contributed by atoms with E-state index < -0.39 is 0 Å². The summed E-state index contributed by atoms with van der Waals surface area (Å²) >= 11 is 0. The molecular weight excluding hydrogens is 158 g/mol. The highest BCUT2D eigenvalue weighted by atomic mass is 15.1. The summed E-state index contributed by atoms with van der Waals surface area (Å²) in [5, 5.41) is 0. The third-order valence-electron chi connectivity index (χ3n) is 3.29. The molecule has 1 fully saturated rings. The second kappa shape index (κ2) is 4.99. The van der Waals surface area contributed by atoms with Gasteiger partial charge in [-0.1, -0.05) is 26.7 Å². The minimum atomic E-state index is 0.859. The smallest absolute Gasteiger partial charge is 0.00918 e. The fourth-order valence-electron chi connectivity index (χ4n) is 2.61. The van der Waals surface area contributed by atoms with Crippen molar-refractivity contribution in [3.8, 4) is 0 Å². The normalized spacial score (nSPS) is 30.0. The van der Waals surface area contributed by atoms with Crippen LogP contribution in [0.2, 0.25) is 0 Å². The van der Waals surface area contributed by atoms with Crippen molar-refractivity contribution in [2.24, 2.45) is 11.8 Å². The van der Waals surface area contributed by atoms with Gasteiger partial charge in [0.2, 0.25) is 0 Å². The molecule has 1 aliphatic carbocycles. The molecule has 0 aliphatic heterocycles. The lowest BCUT2D eigenvalue weighted by Crippen LogP contribution is -2.33. The zero-order chi connectivity index (χ0) is 9.84. The number of hydrogen-bond donors (Lipinski definition) is 0. The Kier molecular flexibility index (Phi) is 4.24. The first-order chi connectivity index (χ1) is 6.09. The van der Waals surface area contributed by atoms with Crippen molar-refractivity contribution in [2.45, 2.75) is 52.0 Å². The van der Waals surface area contributed by atoms with Crippen molar-refractivity contribution in [3.05, 3.63) is 0 Å². The van der Waals surface area contributed by atoms with Crippen LogP contribution in [0.25, 0.3) is 0 Å². The van der Waals surface area contributed by atoms with Crippen LogP contribution in [0.1, 0.15) is 46.0 Å². The third kappa shape index (κ3) is 3.68. The molecule has 1 nitrogen and oxygen atoms in total. The molecule has 0 radical (unpaired) electrons. The van der Waals surface area contributed by atoms with Gasteiger partial charge in [0.25, 0.3) is 0 Å². The highest BCUT2D eigenvalue weighted by Gasteiger charge is 2.23. The highest BCUT2D eigenvalue weighted by Crippen LogP contribution is 2.30. The number of nitrogens with zero attached hydrogens (tertiary/aromatic N) is 1. The van der Waals surface area contributed by atoms with Crippen LogP contribution in [0, 0.1) is 11.8 Å². The van der Waals surface area contributed by atoms with Gasteiger partial charge in [0.05, 0.1) is 0 Å². The highest BCUT2D eigenvalue weighted by molar-refractivity contribution is 4.78. The minimum absolute atomic E-state index is 0.859. The van der Waals surface area contributed by atoms with Crippen molar-refractivity contribution in [1.82, 2.24) is 4.90 Å². The molecule has 0 saturated heterocycles. The zero-order valence-corrected chi connectivity index (χ0v) is 9.71. The van der Waals surface area contributed by atoms with Crippen molar-refractivity contribution in [1.29, 1.82) is 0 Å². The molecular formula is C12H25N. The van der Waals surface area contributed by atoms with E-state index in [1.165, 1.54) is 32.1 Å². The van der Waals surface area contributed by atoms with E-state index in [1.54, 1.807) is 0 Å². The first kappa shape index (κ1) is 11.0. The van der Waals surface area contributed by atoms with Crippen LogP contribution in [-0.4, -0.2) is 25.0 Å². The van der Waals surface area contributed by atoms with E-state index in [0.717, 1.165) is 17.9 Å². The fraction of sp³-hybridized carbons (Fsp3) is 1.00. The topological polar surface area (TPSA) is 3.24 Å². The van der Waals surface area contributed by atoms with E-state index in [2.05, 4.69) is 32.8 Å². The van der Waals surface area contributed by atoms with Crippen molar-refractivity contribution in [3.63, 3.8) is 0 Å². The van der Waals surface area contributed by atoms with Gasteiger partial charge in [-0.2, -0.15) is 0 Å². The quantitative estimate of drug-likeness (QED) is 0.649. The summed E-state index contributed by atoms with van der Waals surface area (Å²) in [7, 11) is 4.45. The average Bonchev–Trinajstić information content (AvgIpc) is 2.03. The Bertz CT molecular complexity index is 140. The first-order valence-electron chi connectivity index (χ1n) is 5.76. The van der Waals surface area contributed by atoms with Gasteiger partial charge in [-0.3, -0.25) is 0 Å². The van der Waals surface area contributed by atoms with Gasteiger partial charge in [-0.15, -0.1) is 0 Å². The molecule has 78 valence electrons. The number of hydrogen-bond acceptors (Lipinski definition) is 1. The molecule has 0 bridgehead atoms. The summed E-state index contributed by atoms with van der Waals surface area (Å²) in [6.07, 6.45) is 7.21. The van der Waals surface area contributed by atoms with Crippen LogP contribution in [-0.2, 0) is 0 Å². The largest absolute Gasteiger partial charge is 0.306 e. The predicted octanol–water partition coefficient (Wildman–Crippen LogP) is 3.15. The third-order valence-corrected chi connectivity index (χ3v) is 3.29. The van der Waals surface area contributed by atoms with Gasteiger partial charge >= 0.3 is 0 Å². The molecule has 13 heavy (non-hydrogen) atoms. The molecule has 1 heteroatoms. The lowest BCUT2D eigenvalue weighted by molar-refractivity contribution is 0.171. The average molecular weight is 183 g/mol.